The minimum absolute atomic E-state index is 0.0631. The first-order valence-electron chi connectivity index (χ1n) is 10.1. The number of fused-ring (bicyclic) bond motifs is 1. The highest BCUT2D eigenvalue weighted by atomic mass is 16.1. The molecule has 1 N–H and O–H groups in total. The van der Waals surface area contributed by atoms with E-state index in [0.717, 1.165) is 45.0 Å². The molecular formula is C24H25N5O. The molecule has 4 aromatic rings. The SMILES string of the molecule is Cc1ccc(NC(=O)CCc2c(C)nc3c(-c4ccccc4)c(C)nn3c2C)nc1. The topological polar surface area (TPSA) is 72.2 Å². The van der Waals surface area contributed by atoms with Crippen LogP contribution in [0.5, 0.6) is 0 Å². The van der Waals surface area contributed by atoms with Gasteiger partial charge in [-0.1, -0.05) is 36.4 Å². The number of benzene rings is 1. The summed E-state index contributed by atoms with van der Waals surface area (Å²) >= 11 is 0. The zero-order valence-electron chi connectivity index (χ0n) is 17.7. The highest BCUT2D eigenvalue weighted by Crippen LogP contribution is 2.29. The van der Waals surface area contributed by atoms with E-state index < -0.39 is 0 Å². The Labute approximate surface area is 176 Å². The van der Waals surface area contributed by atoms with Crippen LogP contribution in [0, 0.1) is 27.7 Å². The molecule has 0 aliphatic carbocycles. The Hall–Kier alpha value is -3.54. The second-order valence-corrected chi connectivity index (χ2v) is 7.59. The smallest absolute Gasteiger partial charge is 0.225 e. The van der Waals surface area contributed by atoms with Crippen LogP contribution in [0.25, 0.3) is 16.8 Å². The lowest BCUT2D eigenvalue weighted by molar-refractivity contribution is -0.116. The maximum absolute atomic E-state index is 12.4. The van der Waals surface area contributed by atoms with Crippen LogP contribution < -0.4 is 5.32 Å². The zero-order valence-corrected chi connectivity index (χ0v) is 17.7. The van der Waals surface area contributed by atoms with Crippen molar-refractivity contribution >= 4 is 17.4 Å². The number of aryl methyl sites for hydroxylation is 4. The van der Waals surface area contributed by atoms with Crippen LogP contribution in [0.15, 0.2) is 48.7 Å². The Kier molecular flexibility index (Phi) is 5.31. The predicted octanol–water partition coefficient (Wildman–Crippen LogP) is 4.60. The highest BCUT2D eigenvalue weighted by Gasteiger charge is 2.18. The molecule has 0 spiro atoms. The van der Waals surface area contributed by atoms with Gasteiger partial charge in [-0.3, -0.25) is 4.79 Å². The first-order chi connectivity index (χ1) is 14.4. The summed E-state index contributed by atoms with van der Waals surface area (Å²) in [5.74, 6) is 0.509. The third kappa shape index (κ3) is 3.81. The van der Waals surface area contributed by atoms with Gasteiger partial charge < -0.3 is 5.32 Å². The van der Waals surface area contributed by atoms with Crippen LogP contribution >= 0.6 is 0 Å². The molecule has 152 valence electrons. The van der Waals surface area contributed by atoms with E-state index in [9.17, 15) is 4.79 Å². The van der Waals surface area contributed by atoms with Crippen molar-refractivity contribution in [2.75, 3.05) is 5.32 Å². The summed E-state index contributed by atoms with van der Waals surface area (Å²) in [5, 5.41) is 7.59. The van der Waals surface area contributed by atoms with Crippen molar-refractivity contribution < 1.29 is 4.79 Å². The molecule has 0 saturated carbocycles. The van der Waals surface area contributed by atoms with Gasteiger partial charge in [0.25, 0.3) is 0 Å². The van der Waals surface area contributed by atoms with E-state index in [0.29, 0.717) is 18.7 Å². The van der Waals surface area contributed by atoms with E-state index in [4.69, 9.17) is 10.1 Å². The molecule has 4 rings (SSSR count). The molecule has 1 aromatic carbocycles. The molecule has 3 heterocycles. The standard InChI is InChI=1S/C24H25N5O/c1-15-10-12-21(25-14-15)27-22(30)13-11-20-16(2)26-24-23(19-8-6-5-7-9-19)17(3)28-29(24)18(20)4/h5-10,12,14H,11,13H2,1-4H3,(H,25,27,30). The van der Waals surface area contributed by atoms with Crippen LogP contribution in [0.4, 0.5) is 5.82 Å². The number of hydrogen-bond donors (Lipinski definition) is 1. The van der Waals surface area contributed by atoms with Crippen LogP contribution in [0.3, 0.4) is 0 Å². The number of nitrogens with one attached hydrogen (secondary N) is 1. The Morgan fingerprint density at radius 2 is 1.77 bits per heavy atom. The normalized spacial score (nSPS) is 11.1. The van der Waals surface area contributed by atoms with Crippen molar-refractivity contribution in [3.63, 3.8) is 0 Å². The van der Waals surface area contributed by atoms with Gasteiger partial charge in [0, 0.05) is 29.6 Å². The molecule has 6 nitrogen and oxygen atoms in total. The van der Waals surface area contributed by atoms with Gasteiger partial charge in [0.05, 0.1) is 5.69 Å². The van der Waals surface area contributed by atoms with E-state index >= 15 is 0 Å². The molecule has 1 amide bonds. The van der Waals surface area contributed by atoms with Crippen LogP contribution in [0.1, 0.15) is 34.6 Å². The Morgan fingerprint density at radius 3 is 2.47 bits per heavy atom. The van der Waals surface area contributed by atoms with E-state index in [1.165, 1.54) is 0 Å². The van der Waals surface area contributed by atoms with Crippen molar-refractivity contribution in [3.8, 4) is 11.1 Å². The summed E-state index contributed by atoms with van der Waals surface area (Å²) < 4.78 is 1.90. The van der Waals surface area contributed by atoms with Gasteiger partial charge in [0.1, 0.15) is 5.82 Å². The van der Waals surface area contributed by atoms with Crippen molar-refractivity contribution in [3.05, 3.63) is 76.9 Å². The van der Waals surface area contributed by atoms with Crippen LogP contribution in [-0.4, -0.2) is 25.5 Å². The van der Waals surface area contributed by atoms with E-state index in [1.54, 1.807) is 6.20 Å². The minimum atomic E-state index is -0.0631. The lowest BCUT2D eigenvalue weighted by atomic mass is 10.0. The molecule has 0 atom stereocenters. The van der Waals surface area contributed by atoms with Crippen LogP contribution in [-0.2, 0) is 11.2 Å². The molecular weight excluding hydrogens is 374 g/mol. The summed E-state index contributed by atoms with van der Waals surface area (Å²) in [7, 11) is 0. The van der Waals surface area contributed by atoms with Gasteiger partial charge in [0.2, 0.25) is 5.91 Å². The highest BCUT2D eigenvalue weighted by molar-refractivity contribution is 5.90. The average molecular weight is 399 g/mol. The molecule has 0 radical (unpaired) electrons. The summed E-state index contributed by atoms with van der Waals surface area (Å²) in [4.78, 5) is 21.5. The number of anilines is 1. The molecule has 0 fully saturated rings. The summed E-state index contributed by atoms with van der Waals surface area (Å²) in [5.41, 5.74) is 8.01. The fourth-order valence-corrected chi connectivity index (χ4v) is 3.76. The Bertz CT molecular complexity index is 1210. The lowest BCUT2D eigenvalue weighted by Crippen LogP contribution is -2.15. The molecule has 0 saturated heterocycles. The summed E-state index contributed by atoms with van der Waals surface area (Å²) in [6.07, 6.45) is 2.69. The molecule has 0 bridgehead atoms. The summed E-state index contributed by atoms with van der Waals surface area (Å²) in [6, 6.07) is 13.9. The number of nitrogens with zero attached hydrogens (tertiary/aromatic N) is 4. The quantitative estimate of drug-likeness (QED) is 0.532. The molecule has 30 heavy (non-hydrogen) atoms. The fraction of sp³-hybridized carbons (Fsp3) is 0.250. The van der Waals surface area contributed by atoms with Crippen molar-refractivity contribution in [2.45, 2.75) is 40.5 Å². The Balaban J connectivity index is 1.59. The monoisotopic (exact) mass is 399 g/mol. The number of carbonyl (C=O) groups is 1. The minimum Gasteiger partial charge on any atom is -0.311 e. The summed E-state index contributed by atoms with van der Waals surface area (Å²) in [6.45, 7) is 8.01. The molecule has 3 aromatic heterocycles. The van der Waals surface area contributed by atoms with Crippen LogP contribution in [0.2, 0.25) is 0 Å². The number of rotatable bonds is 5. The van der Waals surface area contributed by atoms with Gasteiger partial charge >= 0.3 is 0 Å². The van der Waals surface area contributed by atoms with Gasteiger partial charge in [-0.25, -0.2) is 14.5 Å². The van der Waals surface area contributed by atoms with Gasteiger partial charge in [-0.2, -0.15) is 5.10 Å². The van der Waals surface area contributed by atoms with E-state index in [2.05, 4.69) is 22.4 Å². The van der Waals surface area contributed by atoms with Crippen molar-refractivity contribution in [1.29, 1.82) is 0 Å². The number of hydrogen-bond acceptors (Lipinski definition) is 4. The van der Waals surface area contributed by atoms with Crippen molar-refractivity contribution in [2.24, 2.45) is 0 Å². The zero-order chi connectivity index (χ0) is 21.3. The molecule has 0 unspecified atom stereocenters. The second kappa shape index (κ2) is 8.06. The van der Waals surface area contributed by atoms with E-state index in [-0.39, 0.29) is 5.91 Å². The third-order valence-corrected chi connectivity index (χ3v) is 5.34. The van der Waals surface area contributed by atoms with E-state index in [1.807, 2.05) is 62.5 Å². The maximum Gasteiger partial charge on any atom is 0.225 e. The fourth-order valence-electron chi connectivity index (χ4n) is 3.76. The molecule has 0 aliphatic heterocycles. The van der Waals surface area contributed by atoms with Gasteiger partial charge in [-0.05, 0) is 56.9 Å². The Morgan fingerprint density at radius 1 is 1.00 bits per heavy atom. The lowest BCUT2D eigenvalue weighted by Gasteiger charge is -2.12. The van der Waals surface area contributed by atoms with Crippen molar-refractivity contribution in [1.82, 2.24) is 19.6 Å². The average Bonchev–Trinajstić information content (AvgIpc) is 3.06. The maximum atomic E-state index is 12.4. The predicted molar refractivity (Wildman–Crippen MR) is 119 cm³/mol. The molecule has 0 aliphatic rings. The van der Waals surface area contributed by atoms with Gasteiger partial charge in [0.15, 0.2) is 5.65 Å². The number of pyridine rings is 1. The second-order valence-electron chi connectivity index (χ2n) is 7.59. The third-order valence-electron chi connectivity index (χ3n) is 5.34. The van der Waals surface area contributed by atoms with Gasteiger partial charge in [-0.15, -0.1) is 0 Å². The first kappa shape index (κ1) is 19.8. The molecule has 6 heteroatoms. The largest absolute Gasteiger partial charge is 0.311 e. The number of carbonyl (C=O) groups excluding carboxylic acids is 1. The number of aromatic nitrogens is 4. The number of amides is 1. The first-order valence-corrected chi connectivity index (χ1v) is 10.1.